The van der Waals surface area contributed by atoms with Gasteiger partial charge < -0.3 is 9.64 Å². The molecule has 0 saturated carbocycles. The van der Waals surface area contributed by atoms with Gasteiger partial charge in [-0.05, 0) is 49.9 Å². The normalized spacial score (nSPS) is 11.4. The molecule has 0 bridgehead atoms. The monoisotopic (exact) mass is 331 g/mol. The Morgan fingerprint density at radius 2 is 2.04 bits per heavy atom. The molecule has 0 aliphatic rings. The van der Waals surface area contributed by atoms with Crippen molar-refractivity contribution >= 4 is 23.4 Å². The molecule has 0 fully saturated rings. The summed E-state index contributed by atoms with van der Waals surface area (Å²) < 4.78 is 5.97. The lowest BCUT2D eigenvalue weighted by Crippen LogP contribution is -2.14. The maximum absolute atomic E-state index is 5.97. The van der Waals surface area contributed by atoms with Crippen LogP contribution in [0.1, 0.15) is 43.5 Å². The van der Waals surface area contributed by atoms with Gasteiger partial charge in [-0.2, -0.15) is 0 Å². The number of ether oxygens (including phenoxy) is 1. The molecule has 2 rings (SSSR count). The quantitative estimate of drug-likeness (QED) is 0.533. The molecule has 0 unspecified atom stereocenters. The van der Waals surface area contributed by atoms with E-state index in [0.29, 0.717) is 11.1 Å². The van der Waals surface area contributed by atoms with Gasteiger partial charge >= 0.3 is 0 Å². The molecule has 0 saturated heterocycles. The van der Waals surface area contributed by atoms with Gasteiger partial charge in [-0.15, -0.1) is 0 Å². The number of aryl methyl sites for hydroxylation is 2. The van der Waals surface area contributed by atoms with Gasteiger partial charge in [-0.1, -0.05) is 25.2 Å². The van der Waals surface area contributed by atoms with E-state index in [4.69, 9.17) is 4.74 Å². The van der Waals surface area contributed by atoms with E-state index in [0.717, 1.165) is 34.8 Å². The van der Waals surface area contributed by atoms with Crippen molar-refractivity contribution in [1.82, 2.24) is 9.88 Å². The van der Waals surface area contributed by atoms with Gasteiger partial charge in [0.05, 0.1) is 17.7 Å². The molecule has 0 atom stereocenters. The Kier molecular flexibility index (Phi) is 5.77. The summed E-state index contributed by atoms with van der Waals surface area (Å²) in [6.07, 6.45) is 1.86. The van der Waals surface area contributed by atoms with E-state index >= 15 is 0 Å². The highest BCUT2D eigenvalue weighted by Gasteiger charge is 2.10. The SMILES string of the molecule is CCN(C)C=Nc1cc(C)c(Oc2nc(C(C)C)cs2)cc1C. The Balaban J connectivity index is 2.20. The Morgan fingerprint density at radius 3 is 2.65 bits per heavy atom. The molecule has 124 valence electrons. The Labute approximate surface area is 142 Å². The molecule has 0 radical (unpaired) electrons. The van der Waals surface area contributed by atoms with Crippen LogP contribution in [-0.2, 0) is 0 Å². The fourth-order valence-corrected chi connectivity index (χ4v) is 2.78. The fraction of sp³-hybridized carbons (Fsp3) is 0.444. The summed E-state index contributed by atoms with van der Waals surface area (Å²) in [5.41, 5.74) is 4.19. The van der Waals surface area contributed by atoms with Gasteiger partial charge in [0.15, 0.2) is 0 Å². The van der Waals surface area contributed by atoms with Crippen molar-refractivity contribution in [1.29, 1.82) is 0 Å². The number of benzene rings is 1. The van der Waals surface area contributed by atoms with Gasteiger partial charge in [0.2, 0.25) is 0 Å². The van der Waals surface area contributed by atoms with Crippen LogP contribution in [0.3, 0.4) is 0 Å². The van der Waals surface area contributed by atoms with Crippen molar-refractivity contribution < 1.29 is 4.74 Å². The summed E-state index contributed by atoms with van der Waals surface area (Å²) >= 11 is 1.54. The van der Waals surface area contributed by atoms with E-state index < -0.39 is 0 Å². The third-order valence-electron chi connectivity index (χ3n) is 3.68. The summed E-state index contributed by atoms with van der Waals surface area (Å²) in [6.45, 7) is 11.4. The van der Waals surface area contributed by atoms with E-state index in [-0.39, 0.29) is 0 Å². The summed E-state index contributed by atoms with van der Waals surface area (Å²) in [7, 11) is 2.01. The molecule has 0 spiro atoms. The second kappa shape index (κ2) is 7.59. The van der Waals surface area contributed by atoms with Gasteiger partial charge in [-0.25, -0.2) is 9.98 Å². The van der Waals surface area contributed by atoms with Gasteiger partial charge in [0, 0.05) is 19.0 Å². The van der Waals surface area contributed by atoms with E-state index in [9.17, 15) is 0 Å². The molecular formula is C18H25N3OS. The molecule has 1 heterocycles. The number of hydrogen-bond acceptors (Lipinski definition) is 4. The van der Waals surface area contributed by atoms with Crippen molar-refractivity contribution in [3.63, 3.8) is 0 Å². The lowest BCUT2D eigenvalue weighted by Gasteiger charge is -2.11. The average Bonchev–Trinajstić information content (AvgIpc) is 2.97. The van der Waals surface area contributed by atoms with Crippen LogP contribution in [0.25, 0.3) is 0 Å². The number of thiazole rings is 1. The number of hydrogen-bond donors (Lipinski definition) is 0. The highest BCUT2D eigenvalue weighted by atomic mass is 32.1. The Bertz CT molecular complexity index is 692. The summed E-state index contributed by atoms with van der Waals surface area (Å²) in [4.78, 5) is 11.1. The Hall–Kier alpha value is -1.88. The predicted molar refractivity (Wildman–Crippen MR) is 98.6 cm³/mol. The summed E-state index contributed by atoms with van der Waals surface area (Å²) in [5, 5.41) is 2.75. The van der Waals surface area contributed by atoms with Crippen molar-refractivity contribution in [2.75, 3.05) is 13.6 Å². The van der Waals surface area contributed by atoms with Crippen LogP contribution < -0.4 is 4.74 Å². The molecule has 0 aliphatic carbocycles. The molecule has 4 nitrogen and oxygen atoms in total. The second-order valence-electron chi connectivity index (χ2n) is 6.02. The van der Waals surface area contributed by atoms with Crippen molar-refractivity contribution in [3.8, 4) is 10.9 Å². The zero-order chi connectivity index (χ0) is 17.0. The first-order chi connectivity index (χ1) is 10.9. The first kappa shape index (κ1) is 17.5. The molecule has 1 aromatic carbocycles. The average molecular weight is 331 g/mol. The van der Waals surface area contributed by atoms with Crippen LogP contribution in [0.5, 0.6) is 10.9 Å². The Morgan fingerprint density at radius 1 is 1.30 bits per heavy atom. The highest BCUT2D eigenvalue weighted by molar-refractivity contribution is 7.11. The highest BCUT2D eigenvalue weighted by Crippen LogP contribution is 2.33. The van der Waals surface area contributed by atoms with Crippen LogP contribution in [0.15, 0.2) is 22.5 Å². The third-order valence-corrected chi connectivity index (χ3v) is 4.41. The molecular weight excluding hydrogens is 306 g/mol. The molecule has 0 aliphatic heterocycles. The molecule has 23 heavy (non-hydrogen) atoms. The van der Waals surface area contributed by atoms with Crippen molar-refractivity contribution in [2.24, 2.45) is 4.99 Å². The first-order valence-corrected chi connectivity index (χ1v) is 8.77. The fourth-order valence-electron chi connectivity index (χ4n) is 1.94. The van der Waals surface area contributed by atoms with Crippen LogP contribution in [0.2, 0.25) is 0 Å². The minimum Gasteiger partial charge on any atom is -0.431 e. The third kappa shape index (κ3) is 4.55. The smallest absolute Gasteiger partial charge is 0.278 e. The number of rotatable bonds is 6. The number of aliphatic imine (C=N–C) groups is 1. The minimum atomic E-state index is 0.415. The van der Waals surface area contributed by atoms with Crippen LogP contribution >= 0.6 is 11.3 Å². The van der Waals surface area contributed by atoms with Crippen molar-refractivity contribution in [2.45, 2.75) is 40.5 Å². The standard InChI is InChI=1S/C18H25N3OS/c1-7-21(6)11-19-15-8-14(5)17(9-13(15)4)22-18-20-16(10-23-18)12(2)3/h8-12H,7H2,1-6H3. The lowest BCUT2D eigenvalue weighted by atomic mass is 10.1. The van der Waals surface area contributed by atoms with E-state index in [2.05, 4.69) is 42.2 Å². The second-order valence-corrected chi connectivity index (χ2v) is 6.84. The summed E-state index contributed by atoms with van der Waals surface area (Å²) in [6, 6.07) is 4.09. The van der Waals surface area contributed by atoms with E-state index in [1.165, 1.54) is 11.3 Å². The molecule has 0 amide bonds. The van der Waals surface area contributed by atoms with Gasteiger partial charge in [0.1, 0.15) is 5.75 Å². The minimum absolute atomic E-state index is 0.415. The zero-order valence-corrected chi connectivity index (χ0v) is 15.6. The van der Waals surface area contributed by atoms with Crippen LogP contribution in [0.4, 0.5) is 5.69 Å². The van der Waals surface area contributed by atoms with Gasteiger partial charge in [0.25, 0.3) is 5.19 Å². The largest absolute Gasteiger partial charge is 0.431 e. The van der Waals surface area contributed by atoms with E-state index in [1.54, 1.807) is 0 Å². The van der Waals surface area contributed by atoms with Crippen LogP contribution in [-0.4, -0.2) is 29.8 Å². The zero-order valence-electron chi connectivity index (χ0n) is 14.8. The van der Waals surface area contributed by atoms with Crippen molar-refractivity contribution in [3.05, 3.63) is 34.3 Å². The molecule has 0 N–H and O–H groups in total. The predicted octanol–water partition coefficient (Wildman–Crippen LogP) is 5.29. The molecule has 1 aromatic heterocycles. The maximum Gasteiger partial charge on any atom is 0.278 e. The van der Waals surface area contributed by atoms with Crippen LogP contribution in [0, 0.1) is 13.8 Å². The number of aromatic nitrogens is 1. The van der Waals surface area contributed by atoms with Gasteiger partial charge in [-0.3, -0.25) is 0 Å². The maximum atomic E-state index is 5.97. The summed E-state index contributed by atoms with van der Waals surface area (Å²) in [5.74, 6) is 1.26. The first-order valence-electron chi connectivity index (χ1n) is 7.89. The molecule has 2 aromatic rings. The lowest BCUT2D eigenvalue weighted by molar-refractivity contribution is 0.472. The topological polar surface area (TPSA) is 37.7 Å². The number of nitrogens with zero attached hydrogens (tertiary/aromatic N) is 3. The molecule has 5 heteroatoms. The van der Waals surface area contributed by atoms with E-state index in [1.807, 2.05) is 38.2 Å².